The van der Waals surface area contributed by atoms with E-state index in [4.69, 9.17) is 4.74 Å². The van der Waals surface area contributed by atoms with Crippen molar-refractivity contribution in [2.24, 2.45) is 10.9 Å². The number of carbonyl (C=O) groups is 1. The minimum atomic E-state index is 0.00453. The summed E-state index contributed by atoms with van der Waals surface area (Å²) in [5, 5.41) is 5.45. The Labute approximate surface area is 148 Å². The number of likely N-dealkylation sites (N-methyl/N-ethyl adjacent to an activating group) is 1. The Bertz CT molecular complexity index is 525. The van der Waals surface area contributed by atoms with Crippen molar-refractivity contribution in [3.05, 3.63) is 22.4 Å². The molecule has 0 unspecified atom stereocenters. The number of rotatable bonds is 6. The molecule has 1 fully saturated rings. The van der Waals surface area contributed by atoms with Gasteiger partial charge in [0.05, 0.1) is 6.54 Å². The summed E-state index contributed by atoms with van der Waals surface area (Å²) >= 11 is 1.71. The zero-order valence-corrected chi connectivity index (χ0v) is 15.6. The molecule has 1 aliphatic rings. The molecule has 0 aromatic carbocycles. The summed E-state index contributed by atoms with van der Waals surface area (Å²) in [6.07, 6.45) is 2.17. The molecule has 1 aromatic rings. The van der Waals surface area contributed by atoms with Gasteiger partial charge in [-0.15, -0.1) is 11.3 Å². The number of thiophene rings is 1. The molecule has 0 bridgehead atoms. The SMILES string of the molecule is CN(C)C(=O)CN=C(NCc1cccs1)N(C)CC1CCOCC1. The van der Waals surface area contributed by atoms with E-state index < -0.39 is 0 Å². The van der Waals surface area contributed by atoms with Crippen LogP contribution in [0.15, 0.2) is 22.5 Å². The number of hydrogen-bond donors (Lipinski definition) is 1. The first kappa shape index (κ1) is 18.7. The van der Waals surface area contributed by atoms with Crippen LogP contribution >= 0.6 is 11.3 Å². The van der Waals surface area contributed by atoms with Gasteiger partial charge in [-0.2, -0.15) is 0 Å². The fraction of sp³-hybridized carbons (Fsp3) is 0.647. The monoisotopic (exact) mass is 352 g/mol. The van der Waals surface area contributed by atoms with Crippen molar-refractivity contribution in [3.8, 4) is 0 Å². The molecular formula is C17H28N4O2S. The van der Waals surface area contributed by atoms with Gasteiger partial charge in [0.1, 0.15) is 6.54 Å². The quantitative estimate of drug-likeness (QED) is 0.625. The highest BCUT2D eigenvalue weighted by Gasteiger charge is 2.18. The van der Waals surface area contributed by atoms with Crippen molar-refractivity contribution >= 4 is 23.2 Å². The number of nitrogens with zero attached hydrogens (tertiary/aromatic N) is 3. The molecule has 1 aliphatic heterocycles. The Morgan fingerprint density at radius 1 is 1.38 bits per heavy atom. The van der Waals surface area contributed by atoms with E-state index in [9.17, 15) is 4.79 Å². The molecule has 7 heteroatoms. The van der Waals surface area contributed by atoms with Crippen LogP contribution in [-0.4, -0.2) is 69.1 Å². The molecule has 6 nitrogen and oxygen atoms in total. The lowest BCUT2D eigenvalue weighted by molar-refractivity contribution is -0.127. The first-order chi connectivity index (χ1) is 11.6. The molecule has 2 rings (SSSR count). The van der Waals surface area contributed by atoms with Gasteiger partial charge in [-0.1, -0.05) is 6.07 Å². The largest absolute Gasteiger partial charge is 0.381 e. The minimum Gasteiger partial charge on any atom is -0.381 e. The fourth-order valence-corrected chi connectivity index (χ4v) is 3.22. The molecule has 0 radical (unpaired) electrons. The Kier molecular flexibility index (Phi) is 7.52. The molecule has 1 amide bonds. The molecule has 134 valence electrons. The van der Waals surface area contributed by atoms with Gasteiger partial charge in [0.2, 0.25) is 5.91 Å². The number of guanidine groups is 1. The van der Waals surface area contributed by atoms with Gasteiger partial charge < -0.3 is 19.9 Å². The van der Waals surface area contributed by atoms with Gasteiger partial charge in [-0.25, -0.2) is 4.99 Å². The third-order valence-electron chi connectivity index (χ3n) is 4.10. The molecular weight excluding hydrogens is 324 g/mol. The van der Waals surface area contributed by atoms with E-state index in [2.05, 4.69) is 26.7 Å². The molecule has 0 saturated carbocycles. The van der Waals surface area contributed by atoms with Gasteiger partial charge in [0.25, 0.3) is 0 Å². The van der Waals surface area contributed by atoms with Crippen molar-refractivity contribution in [3.63, 3.8) is 0 Å². The molecule has 1 saturated heterocycles. The van der Waals surface area contributed by atoms with Crippen molar-refractivity contribution < 1.29 is 9.53 Å². The lowest BCUT2D eigenvalue weighted by Crippen LogP contribution is -2.42. The van der Waals surface area contributed by atoms with Crippen LogP contribution < -0.4 is 5.32 Å². The van der Waals surface area contributed by atoms with E-state index >= 15 is 0 Å². The maximum Gasteiger partial charge on any atom is 0.243 e. The Balaban J connectivity index is 1.96. The predicted molar refractivity (Wildman–Crippen MR) is 98.3 cm³/mol. The molecule has 1 N–H and O–H groups in total. The maximum absolute atomic E-state index is 11.9. The number of nitrogens with one attached hydrogen (secondary N) is 1. The first-order valence-corrected chi connectivity index (χ1v) is 9.24. The average molecular weight is 353 g/mol. The Hall–Kier alpha value is -1.60. The second-order valence-corrected chi connectivity index (χ2v) is 7.33. The zero-order valence-electron chi connectivity index (χ0n) is 14.8. The van der Waals surface area contributed by atoms with Crippen LogP contribution in [-0.2, 0) is 16.1 Å². The fourth-order valence-electron chi connectivity index (χ4n) is 2.58. The number of carbonyl (C=O) groups excluding carboxylic acids is 1. The average Bonchev–Trinajstić information content (AvgIpc) is 3.08. The van der Waals surface area contributed by atoms with Crippen molar-refractivity contribution in [2.45, 2.75) is 19.4 Å². The van der Waals surface area contributed by atoms with Gasteiger partial charge in [-0.05, 0) is 30.2 Å². The Morgan fingerprint density at radius 2 is 2.12 bits per heavy atom. The summed E-state index contributed by atoms with van der Waals surface area (Å²) in [5.74, 6) is 1.40. The number of aliphatic imine (C=N–C) groups is 1. The molecule has 24 heavy (non-hydrogen) atoms. The van der Waals surface area contributed by atoms with Gasteiger partial charge in [0.15, 0.2) is 5.96 Å². The number of hydrogen-bond acceptors (Lipinski definition) is 4. The van der Waals surface area contributed by atoms with Crippen LogP contribution in [0.25, 0.3) is 0 Å². The predicted octanol–water partition coefficient (Wildman–Crippen LogP) is 1.64. The van der Waals surface area contributed by atoms with Crippen LogP contribution in [0.3, 0.4) is 0 Å². The third-order valence-corrected chi connectivity index (χ3v) is 4.97. The normalized spacial score (nSPS) is 16.0. The van der Waals surface area contributed by atoms with Crippen LogP contribution in [0, 0.1) is 5.92 Å². The summed E-state index contributed by atoms with van der Waals surface area (Å²) in [6, 6.07) is 4.14. The van der Waals surface area contributed by atoms with Crippen LogP contribution in [0.2, 0.25) is 0 Å². The number of amides is 1. The van der Waals surface area contributed by atoms with Crippen LogP contribution in [0.1, 0.15) is 17.7 Å². The highest BCUT2D eigenvalue weighted by atomic mass is 32.1. The smallest absolute Gasteiger partial charge is 0.243 e. The second-order valence-electron chi connectivity index (χ2n) is 6.30. The summed E-state index contributed by atoms with van der Waals surface area (Å²) < 4.78 is 5.43. The van der Waals surface area contributed by atoms with Crippen LogP contribution in [0.4, 0.5) is 0 Å². The highest BCUT2D eigenvalue weighted by molar-refractivity contribution is 7.09. The molecule has 0 spiro atoms. The van der Waals surface area contributed by atoms with Gasteiger partial charge in [0, 0.05) is 45.8 Å². The number of ether oxygens (including phenoxy) is 1. The first-order valence-electron chi connectivity index (χ1n) is 8.36. The third kappa shape index (κ3) is 6.13. The summed E-state index contributed by atoms with van der Waals surface area (Å²) in [6.45, 7) is 3.50. The molecule has 0 aliphatic carbocycles. The summed E-state index contributed by atoms with van der Waals surface area (Å²) in [5.41, 5.74) is 0. The van der Waals surface area contributed by atoms with E-state index in [-0.39, 0.29) is 12.5 Å². The minimum absolute atomic E-state index is 0.00453. The summed E-state index contributed by atoms with van der Waals surface area (Å²) in [4.78, 5) is 21.3. The van der Waals surface area contributed by atoms with E-state index in [1.54, 1.807) is 30.3 Å². The lowest BCUT2D eigenvalue weighted by atomic mass is 10.00. The molecule has 0 atom stereocenters. The molecule has 2 heterocycles. The van der Waals surface area contributed by atoms with Crippen molar-refractivity contribution in [1.82, 2.24) is 15.1 Å². The standard InChI is InChI=1S/C17H28N4O2S/c1-20(2)16(22)12-19-17(18-11-15-5-4-10-24-15)21(3)13-14-6-8-23-9-7-14/h4-5,10,14H,6-9,11-13H2,1-3H3,(H,18,19). The van der Waals surface area contributed by atoms with Crippen molar-refractivity contribution in [1.29, 1.82) is 0 Å². The van der Waals surface area contributed by atoms with Gasteiger partial charge in [-0.3, -0.25) is 4.79 Å². The zero-order chi connectivity index (χ0) is 17.4. The van der Waals surface area contributed by atoms with Gasteiger partial charge >= 0.3 is 0 Å². The van der Waals surface area contributed by atoms with Crippen LogP contribution in [0.5, 0.6) is 0 Å². The van der Waals surface area contributed by atoms with E-state index in [1.807, 2.05) is 13.1 Å². The van der Waals surface area contributed by atoms with Crippen molar-refractivity contribution in [2.75, 3.05) is 47.4 Å². The molecule has 1 aromatic heterocycles. The topological polar surface area (TPSA) is 57.2 Å². The van der Waals surface area contributed by atoms with E-state index in [0.29, 0.717) is 5.92 Å². The van der Waals surface area contributed by atoms with E-state index in [0.717, 1.165) is 45.1 Å². The highest BCUT2D eigenvalue weighted by Crippen LogP contribution is 2.15. The Morgan fingerprint density at radius 3 is 2.75 bits per heavy atom. The maximum atomic E-state index is 11.9. The summed E-state index contributed by atoms with van der Waals surface area (Å²) in [7, 11) is 5.54. The van der Waals surface area contributed by atoms with E-state index in [1.165, 1.54) is 4.88 Å². The second kappa shape index (κ2) is 9.64. The lowest BCUT2D eigenvalue weighted by Gasteiger charge is -2.29.